The van der Waals surface area contributed by atoms with Gasteiger partial charge in [-0.3, -0.25) is 4.79 Å². The highest BCUT2D eigenvalue weighted by atomic mass is 35.5. The molecule has 1 aromatic heterocycles. The number of carbonyl (C=O) groups is 1. The molecular formula is C21H23ClN4O2S. The van der Waals surface area contributed by atoms with Crippen LogP contribution < -0.4 is 14.5 Å². The van der Waals surface area contributed by atoms with Crippen LogP contribution in [0.1, 0.15) is 0 Å². The molecule has 152 valence electrons. The van der Waals surface area contributed by atoms with Crippen LogP contribution in [0.15, 0.2) is 42.5 Å². The summed E-state index contributed by atoms with van der Waals surface area (Å²) in [6.07, 6.45) is 0. The lowest BCUT2D eigenvalue weighted by Gasteiger charge is -2.36. The van der Waals surface area contributed by atoms with Crippen LogP contribution >= 0.6 is 22.9 Å². The lowest BCUT2D eigenvalue weighted by Crippen LogP contribution is -2.51. The first-order chi connectivity index (χ1) is 14.0. The number of para-hydroxylation sites is 1. The third-order valence-corrected chi connectivity index (χ3v) is 6.47. The molecule has 0 bridgehead atoms. The molecular weight excluding hydrogens is 408 g/mol. The van der Waals surface area contributed by atoms with Gasteiger partial charge in [0.25, 0.3) is 0 Å². The second-order valence-electron chi connectivity index (χ2n) is 7.01. The number of hydrogen-bond acceptors (Lipinski definition) is 6. The number of benzene rings is 2. The van der Waals surface area contributed by atoms with Gasteiger partial charge >= 0.3 is 0 Å². The predicted molar refractivity (Wildman–Crippen MR) is 120 cm³/mol. The highest BCUT2D eigenvalue weighted by Gasteiger charge is 2.23. The van der Waals surface area contributed by atoms with Gasteiger partial charge in [-0.25, -0.2) is 4.98 Å². The number of rotatable bonds is 5. The van der Waals surface area contributed by atoms with Crippen LogP contribution in [-0.4, -0.2) is 62.7 Å². The van der Waals surface area contributed by atoms with Gasteiger partial charge in [0.05, 0.1) is 18.4 Å². The number of aromatic nitrogens is 1. The number of amides is 1. The Morgan fingerprint density at radius 3 is 2.69 bits per heavy atom. The van der Waals surface area contributed by atoms with E-state index in [0.717, 1.165) is 44.9 Å². The molecule has 0 N–H and O–H groups in total. The van der Waals surface area contributed by atoms with E-state index in [2.05, 4.69) is 16.0 Å². The number of methoxy groups -OCH3 is 1. The molecule has 2 aromatic carbocycles. The van der Waals surface area contributed by atoms with Gasteiger partial charge in [-0.15, -0.1) is 0 Å². The molecule has 6 nitrogen and oxygen atoms in total. The van der Waals surface area contributed by atoms with Crippen LogP contribution in [0.2, 0.25) is 5.02 Å². The second-order valence-corrected chi connectivity index (χ2v) is 8.45. The van der Waals surface area contributed by atoms with E-state index >= 15 is 0 Å². The van der Waals surface area contributed by atoms with Crippen LogP contribution in [0.5, 0.6) is 5.75 Å². The Morgan fingerprint density at radius 2 is 1.97 bits per heavy atom. The molecule has 4 rings (SSSR count). The SMILES string of the molecule is COc1cccc2sc(N(C)CC(=O)N3CCN(c4cccc(Cl)c4)CC3)nc12. The average molecular weight is 431 g/mol. The first-order valence-electron chi connectivity index (χ1n) is 9.48. The van der Waals surface area contributed by atoms with Gasteiger partial charge in [-0.1, -0.05) is 35.1 Å². The molecule has 1 saturated heterocycles. The summed E-state index contributed by atoms with van der Waals surface area (Å²) in [5.74, 6) is 0.867. The van der Waals surface area contributed by atoms with Crippen LogP contribution in [0.4, 0.5) is 10.8 Å². The van der Waals surface area contributed by atoms with Gasteiger partial charge < -0.3 is 19.4 Å². The summed E-state index contributed by atoms with van der Waals surface area (Å²) in [6.45, 7) is 3.31. The van der Waals surface area contributed by atoms with Crippen LogP contribution in [0.25, 0.3) is 10.2 Å². The van der Waals surface area contributed by atoms with Crippen LogP contribution in [0, 0.1) is 0 Å². The number of carbonyl (C=O) groups excluding carboxylic acids is 1. The number of ether oxygens (including phenoxy) is 1. The lowest BCUT2D eigenvalue weighted by molar-refractivity contribution is -0.129. The largest absolute Gasteiger partial charge is 0.494 e. The standard InChI is InChI=1S/C21H23ClN4O2S/c1-24(21-23-20-17(28-2)7-4-8-18(20)29-21)14-19(27)26-11-9-25(10-12-26)16-6-3-5-15(22)13-16/h3-8,13H,9-12,14H2,1-2H3. The fourth-order valence-corrected chi connectivity index (χ4v) is 4.63. The predicted octanol–water partition coefficient (Wildman–Crippen LogP) is 3.74. The first kappa shape index (κ1) is 19.8. The van der Waals surface area contributed by atoms with Gasteiger partial charge in [-0.2, -0.15) is 0 Å². The summed E-state index contributed by atoms with van der Waals surface area (Å²) in [4.78, 5) is 23.6. The van der Waals surface area contributed by atoms with Crippen molar-refractivity contribution in [3.8, 4) is 5.75 Å². The first-order valence-corrected chi connectivity index (χ1v) is 10.7. The molecule has 8 heteroatoms. The van der Waals surface area contributed by atoms with Crippen molar-refractivity contribution in [3.05, 3.63) is 47.5 Å². The summed E-state index contributed by atoms with van der Waals surface area (Å²) in [6, 6.07) is 13.7. The number of anilines is 2. The van der Waals surface area contributed by atoms with Crippen LogP contribution in [-0.2, 0) is 4.79 Å². The van der Waals surface area contributed by atoms with Crippen molar-refractivity contribution < 1.29 is 9.53 Å². The average Bonchev–Trinajstić information content (AvgIpc) is 3.18. The van der Waals surface area contributed by atoms with E-state index in [0.29, 0.717) is 19.6 Å². The maximum atomic E-state index is 12.8. The quantitative estimate of drug-likeness (QED) is 0.617. The molecule has 1 aliphatic heterocycles. The Morgan fingerprint density at radius 1 is 1.21 bits per heavy atom. The third-order valence-electron chi connectivity index (χ3n) is 5.10. The molecule has 0 atom stereocenters. The number of likely N-dealkylation sites (N-methyl/N-ethyl adjacent to an activating group) is 1. The zero-order valence-corrected chi connectivity index (χ0v) is 18.0. The molecule has 0 spiro atoms. The summed E-state index contributed by atoms with van der Waals surface area (Å²) in [5.41, 5.74) is 1.94. The number of halogens is 1. The Hall–Kier alpha value is -2.51. The normalized spacial score (nSPS) is 14.3. The minimum atomic E-state index is 0.115. The molecule has 1 amide bonds. The molecule has 0 unspecified atom stereocenters. The zero-order valence-electron chi connectivity index (χ0n) is 16.5. The third kappa shape index (κ3) is 4.26. The van der Waals surface area contributed by atoms with Gasteiger partial charge in [0, 0.05) is 43.9 Å². The Kier molecular flexibility index (Phi) is 5.78. The summed E-state index contributed by atoms with van der Waals surface area (Å²) < 4.78 is 6.44. The Balaban J connectivity index is 1.37. The summed E-state index contributed by atoms with van der Waals surface area (Å²) in [5, 5.41) is 1.55. The maximum Gasteiger partial charge on any atom is 0.242 e. The zero-order chi connectivity index (χ0) is 20.4. The minimum absolute atomic E-state index is 0.115. The van der Waals surface area contributed by atoms with Crippen molar-refractivity contribution >= 4 is 49.9 Å². The van der Waals surface area contributed by atoms with E-state index in [1.807, 2.05) is 53.2 Å². The van der Waals surface area contributed by atoms with Crippen molar-refractivity contribution in [1.82, 2.24) is 9.88 Å². The minimum Gasteiger partial charge on any atom is -0.494 e. The number of fused-ring (bicyclic) bond motifs is 1. The van der Waals surface area contributed by atoms with Crippen molar-refractivity contribution in [3.63, 3.8) is 0 Å². The van der Waals surface area contributed by atoms with Gasteiger partial charge in [0.2, 0.25) is 5.91 Å². The molecule has 1 fully saturated rings. The van der Waals surface area contributed by atoms with Crippen molar-refractivity contribution in [2.75, 3.05) is 56.7 Å². The van der Waals surface area contributed by atoms with E-state index in [4.69, 9.17) is 16.3 Å². The number of hydrogen-bond donors (Lipinski definition) is 0. The van der Waals surface area contributed by atoms with Crippen molar-refractivity contribution in [2.45, 2.75) is 0 Å². The molecule has 2 heterocycles. The molecule has 0 radical (unpaired) electrons. The van der Waals surface area contributed by atoms with E-state index in [1.54, 1.807) is 18.4 Å². The Labute approximate surface area is 179 Å². The highest BCUT2D eigenvalue weighted by Crippen LogP contribution is 2.33. The molecule has 29 heavy (non-hydrogen) atoms. The summed E-state index contributed by atoms with van der Waals surface area (Å²) in [7, 11) is 3.55. The lowest BCUT2D eigenvalue weighted by atomic mass is 10.2. The maximum absolute atomic E-state index is 12.8. The van der Waals surface area contributed by atoms with Crippen LogP contribution in [0.3, 0.4) is 0 Å². The van der Waals surface area contributed by atoms with E-state index < -0.39 is 0 Å². The van der Waals surface area contributed by atoms with E-state index in [-0.39, 0.29) is 5.91 Å². The molecule has 0 saturated carbocycles. The second kappa shape index (κ2) is 8.47. The van der Waals surface area contributed by atoms with Gasteiger partial charge in [-0.05, 0) is 30.3 Å². The van der Waals surface area contributed by atoms with Crippen molar-refractivity contribution in [2.24, 2.45) is 0 Å². The molecule has 1 aliphatic rings. The number of nitrogens with zero attached hydrogens (tertiary/aromatic N) is 4. The van der Waals surface area contributed by atoms with Crippen molar-refractivity contribution in [1.29, 1.82) is 0 Å². The fourth-order valence-electron chi connectivity index (χ4n) is 3.50. The van der Waals surface area contributed by atoms with Gasteiger partial charge in [0.15, 0.2) is 5.13 Å². The monoisotopic (exact) mass is 430 g/mol. The molecule has 0 aliphatic carbocycles. The number of piperazine rings is 1. The Bertz CT molecular complexity index is 1020. The molecule has 3 aromatic rings. The smallest absolute Gasteiger partial charge is 0.242 e. The topological polar surface area (TPSA) is 48.9 Å². The van der Waals surface area contributed by atoms with E-state index in [9.17, 15) is 4.79 Å². The fraction of sp³-hybridized carbons (Fsp3) is 0.333. The highest BCUT2D eigenvalue weighted by molar-refractivity contribution is 7.22. The number of thiazole rings is 1. The summed E-state index contributed by atoms with van der Waals surface area (Å²) >= 11 is 7.66. The van der Waals surface area contributed by atoms with E-state index in [1.165, 1.54) is 0 Å². The van der Waals surface area contributed by atoms with Gasteiger partial charge in [0.1, 0.15) is 11.3 Å².